The zero-order valence-electron chi connectivity index (χ0n) is 12.3. The van der Waals surface area contributed by atoms with Gasteiger partial charge in [0.1, 0.15) is 0 Å². The molecule has 0 aliphatic heterocycles. The maximum absolute atomic E-state index is 5.49. The van der Waals surface area contributed by atoms with Crippen LogP contribution in [0.15, 0.2) is 24.3 Å². The van der Waals surface area contributed by atoms with Crippen LogP contribution in [0.4, 0.5) is 5.13 Å². The van der Waals surface area contributed by atoms with E-state index in [0.717, 1.165) is 36.8 Å². The molecule has 0 saturated heterocycles. The minimum absolute atomic E-state index is 0.786. The summed E-state index contributed by atoms with van der Waals surface area (Å²) in [5, 5.41) is 4.44. The zero-order valence-corrected chi connectivity index (χ0v) is 13.1. The van der Waals surface area contributed by atoms with E-state index in [1.54, 1.807) is 11.3 Å². The molecule has 1 aromatic heterocycles. The summed E-state index contributed by atoms with van der Waals surface area (Å²) in [6.07, 6.45) is 3.43. The maximum Gasteiger partial charge on any atom is 0.183 e. The summed E-state index contributed by atoms with van der Waals surface area (Å²) >= 11 is 1.74. The highest BCUT2D eigenvalue weighted by Gasteiger charge is 2.09. The maximum atomic E-state index is 5.49. The van der Waals surface area contributed by atoms with Crippen molar-refractivity contribution in [2.75, 3.05) is 18.4 Å². The van der Waals surface area contributed by atoms with Crippen LogP contribution >= 0.6 is 11.3 Å². The Morgan fingerprint density at radius 2 is 2.05 bits per heavy atom. The lowest BCUT2D eigenvalue weighted by molar-refractivity contribution is 0.707. The van der Waals surface area contributed by atoms with Crippen molar-refractivity contribution < 1.29 is 0 Å². The van der Waals surface area contributed by atoms with Crippen LogP contribution in [0.5, 0.6) is 0 Å². The third kappa shape index (κ3) is 4.05. The molecule has 4 heteroatoms. The summed E-state index contributed by atoms with van der Waals surface area (Å²) in [4.78, 5) is 5.88. The fourth-order valence-corrected chi connectivity index (χ4v) is 3.16. The number of nitrogens with two attached hydrogens (primary N) is 1. The van der Waals surface area contributed by atoms with Crippen molar-refractivity contribution >= 4 is 16.5 Å². The molecule has 3 N–H and O–H groups in total. The van der Waals surface area contributed by atoms with Crippen LogP contribution in [-0.2, 0) is 0 Å². The van der Waals surface area contributed by atoms with E-state index in [1.807, 2.05) is 0 Å². The monoisotopic (exact) mass is 289 g/mol. The largest absolute Gasteiger partial charge is 0.361 e. The van der Waals surface area contributed by atoms with Crippen molar-refractivity contribution in [3.8, 4) is 10.4 Å². The van der Waals surface area contributed by atoms with Crippen LogP contribution < -0.4 is 11.1 Å². The highest BCUT2D eigenvalue weighted by atomic mass is 32.1. The van der Waals surface area contributed by atoms with Crippen LogP contribution in [0.1, 0.15) is 30.5 Å². The van der Waals surface area contributed by atoms with Crippen molar-refractivity contribution in [1.82, 2.24) is 4.98 Å². The second kappa shape index (κ2) is 7.41. The van der Waals surface area contributed by atoms with Gasteiger partial charge in [0.2, 0.25) is 0 Å². The Morgan fingerprint density at radius 3 is 2.80 bits per heavy atom. The second-order valence-corrected chi connectivity index (χ2v) is 6.08. The van der Waals surface area contributed by atoms with Gasteiger partial charge in [-0.15, -0.1) is 0 Å². The molecule has 0 fully saturated rings. The van der Waals surface area contributed by atoms with Crippen LogP contribution in [0, 0.1) is 13.8 Å². The molecular weight excluding hydrogens is 266 g/mol. The lowest BCUT2D eigenvalue weighted by Gasteiger charge is -2.01. The van der Waals surface area contributed by atoms with Gasteiger partial charge in [0.25, 0.3) is 0 Å². The van der Waals surface area contributed by atoms with Gasteiger partial charge < -0.3 is 11.1 Å². The summed E-state index contributed by atoms with van der Waals surface area (Å²) in [6, 6.07) is 8.59. The van der Waals surface area contributed by atoms with E-state index < -0.39 is 0 Å². The fourth-order valence-electron chi connectivity index (χ4n) is 2.17. The number of thiazole rings is 1. The van der Waals surface area contributed by atoms with Gasteiger partial charge in [0.05, 0.1) is 10.6 Å². The first-order chi connectivity index (χ1) is 9.70. The molecule has 20 heavy (non-hydrogen) atoms. The smallest absolute Gasteiger partial charge is 0.183 e. The molecule has 0 saturated carbocycles. The molecule has 0 unspecified atom stereocenters. The fraction of sp³-hybridized carbons (Fsp3) is 0.438. The van der Waals surface area contributed by atoms with Crippen LogP contribution in [0.2, 0.25) is 0 Å². The van der Waals surface area contributed by atoms with E-state index in [9.17, 15) is 0 Å². The highest BCUT2D eigenvalue weighted by Crippen LogP contribution is 2.32. The predicted octanol–water partition coefficient (Wildman–Crippen LogP) is 3.97. The molecule has 0 atom stereocenters. The molecule has 1 aromatic carbocycles. The molecular formula is C16H23N3S. The molecule has 0 amide bonds. The first kappa shape index (κ1) is 15.0. The van der Waals surface area contributed by atoms with Crippen molar-refractivity contribution in [2.24, 2.45) is 5.73 Å². The van der Waals surface area contributed by atoms with Crippen LogP contribution in [-0.4, -0.2) is 18.1 Å². The summed E-state index contributed by atoms with van der Waals surface area (Å²) in [7, 11) is 0. The van der Waals surface area contributed by atoms with Gasteiger partial charge in [-0.2, -0.15) is 0 Å². The highest BCUT2D eigenvalue weighted by molar-refractivity contribution is 7.19. The molecule has 0 spiro atoms. The lowest BCUT2D eigenvalue weighted by atomic mass is 10.1. The number of hydrogen-bond acceptors (Lipinski definition) is 4. The molecule has 1 heterocycles. The Balaban J connectivity index is 1.99. The molecule has 0 aliphatic rings. The van der Waals surface area contributed by atoms with Crippen LogP contribution in [0.25, 0.3) is 10.4 Å². The number of aryl methyl sites for hydroxylation is 2. The number of aromatic nitrogens is 1. The quantitative estimate of drug-likeness (QED) is 0.758. The van der Waals surface area contributed by atoms with Crippen molar-refractivity contribution in [2.45, 2.75) is 33.1 Å². The Hall–Kier alpha value is -1.39. The number of unbranched alkanes of at least 4 members (excludes halogenated alkanes) is 2. The van der Waals surface area contributed by atoms with E-state index in [1.165, 1.54) is 22.4 Å². The number of rotatable bonds is 7. The van der Waals surface area contributed by atoms with Gasteiger partial charge >= 0.3 is 0 Å². The summed E-state index contributed by atoms with van der Waals surface area (Å²) < 4.78 is 0. The zero-order chi connectivity index (χ0) is 14.4. The molecule has 2 aromatic rings. The van der Waals surface area contributed by atoms with Crippen LogP contribution in [0.3, 0.4) is 0 Å². The Kier molecular flexibility index (Phi) is 5.56. The van der Waals surface area contributed by atoms with Gasteiger partial charge in [-0.3, -0.25) is 0 Å². The van der Waals surface area contributed by atoms with Gasteiger partial charge in [0, 0.05) is 6.54 Å². The molecule has 108 valence electrons. The number of anilines is 1. The Bertz CT molecular complexity index is 548. The van der Waals surface area contributed by atoms with Crippen molar-refractivity contribution in [3.05, 3.63) is 35.5 Å². The second-order valence-electron chi connectivity index (χ2n) is 5.08. The van der Waals surface area contributed by atoms with E-state index in [2.05, 4.69) is 48.4 Å². The van der Waals surface area contributed by atoms with E-state index in [0.29, 0.717) is 0 Å². The molecule has 0 radical (unpaired) electrons. The summed E-state index contributed by atoms with van der Waals surface area (Å²) in [6.45, 7) is 5.96. The third-order valence-corrected chi connectivity index (χ3v) is 4.40. The number of hydrogen-bond donors (Lipinski definition) is 2. The minimum atomic E-state index is 0.786. The first-order valence-electron chi connectivity index (χ1n) is 7.19. The Morgan fingerprint density at radius 1 is 1.20 bits per heavy atom. The molecule has 0 aliphatic carbocycles. The van der Waals surface area contributed by atoms with E-state index in [-0.39, 0.29) is 0 Å². The Labute approximate surface area is 125 Å². The lowest BCUT2D eigenvalue weighted by Crippen LogP contribution is -2.03. The normalized spacial score (nSPS) is 10.8. The average molecular weight is 289 g/mol. The van der Waals surface area contributed by atoms with Gasteiger partial charge in [-0.05, 0) is 38.8 Å². The number of benzene rings is 1. The first-order valence-corrected chi connectivity index (χ1v) is 8.01. The SMILES string of the molecule is Cc1cccc(-c2sc(NCCCCCN)nc2C)c1. The minimum Gasteiger partial charge on any atom is -0.361 e. The molecule has 2 rings (SSSR count). The molecule has 0 bridgehead atoms. The average Bonchev–Trinajstić information content (AvgIpc) is 2.80. The summed E-state index contributed by atoms with van der Waals surface area (Å²) in [5.74, 6) is 0. The topological polar surface area (TPSA) is 50.9 Å². The van der Waals surface area contributed by atoms with Crippen molar-refractivity contribution in [1.29, 1.82) is 0 Å². The van der Waals surface area contributed by atoms with E-state index in [4.69, 9.17) is 5.73 Å². The standard InChI is InChI=1S/C16H23N3S/c1-12-7-6-8-14(11-12)15-13(2)19-16(20-15)18-10-5-3-4-9-17/h6-8,11H,3-5,9-10,17H2,1-2H3,(H,18,19). The van der Waals surface area contributed by atoms with Crippen molar-refractivity contribution in [3.63, 3.8) is 0 Å². The van der Waals surface area contributed by atoms with Gasteiger partial charge in [-0.25, -0.2) is 4.98 Å². The van der Waals surface area contributed by atoms with Gasteiger partial charge in [-0.1, -0.05) is 47.6 Å². The number of nitrogens with one attached hydrogen (secondary N) is 1. The predicted molar refractivity (Wildman–Crippen MR) is 88.4 cm³/mol. The number of nitrogens with zero attached hydrogens (tertiary/aromatic N) is 1. The summed E-state index contributed by atoms with van der Waals surface area (Å²) in [5.41, 5.74) is 9.14. The third-order valence-electron chi connectivity index (χ3n) is 3.23. The molecule has 3 nitrogen and oxygen atoms in total. The van der Waals surface area contributed by atoms with E-state index >= 15 is 0 Å². The van der Waals surface area contributed by atoms with Gasteiger partial charge in [0.15, 0.2) is 5.13 Å².